The van der Waals surface area contributed by atoms with Crippen molar-refractivity contribution in [3.05, 3.63) is 45.7 Å². The van der Waals surface area contributed by atoms with Crippen molar-refractivity contribution in [2.75, 3.05) is 40.5 Å². The first-order valence-electron chi connectivity index (χ1n) is 14.6. The number of benzene rings is 2. The minimum atomic E-state index is -0.300. The average Bonchev–Trinajstić information content (AvgIpc) is 2.95. The van der Waals surface area contributed by atoms with Gasteiger partial charge < -0.3 is 18.9 Å². The molecule has 40 heavy (non-hydrogen) atoms. The molecule has 4 rings (SSSR count). The van der Waals surface area contributed by atoms with Gasteiger partial charge in [-0.3, -0.25) is 9.80 Å². The van der Waals surface area contributed by atoms with Crippen LogP contribution in [-0.2, 0) is 12.8 Å². The van der Waals surface area contributed by atoms with E-state index in [0.717, 1.165) is 66.9 Å². The Kier molecular flexibility index (Phi) is 12.4. The summed E-state index contributed by atoms with van der Waals surface area (Å²) in [5.41, 5.74) is 2.03. The van der Waals surface area contributed by atoms with Crippen molar-refractivity contribution in [3.8, 4) is 23.0 Å². The van der Waals surface area contributed by atoms with Gasteiger partial charge in [0.05, 0.1) is 18.7 Å². The number of hydrogen-bond acceptors (Lipinski definition) is 6. The highest BCUT2D eigenvalue weighted by Gasteiger charge is 2.31. The van der Waals surface area contributed by atoms with Gasteiger partial charge in [0.1, 0.15) is 30.5 Å². The SMILES string of the molecule is CCCN(C(C)C)[C@H]1COc2c(Br)ccc(OC)c2C1.CCCN(C(C)C)[C@H]1COc2c(F)ccc(OC)c2C1. The van der Waals surface area contributed by atoms with Crippen LogP contribution < -0.4 is 18.9 Å². The molecule has 0 radical (unpaired) electrons. The molecular formula is C32H48BrFN2O4. The Bertz CT molecular complexity index is 1010. The van der Waals surface area contributed by atoms with E-state index >= 15 is 0 Å². The molecule has 0 saturated heterocycles. The number of ether oxygens (including phenoxy) is 4. The molecule has 0 bridgehead atoms. The lowest BCUT2D eigenvalue weighted by Gasteiger charge is -2.38. The lowest BCUT2D eigenvalue weighted by atomic mass is 9.99. The molecule has 0 aromatic heterocycles. The maximum atomic E-state index is 13.8. The largest absolute Gasteiger partial charge is 0.496 e. The average molecular weight is 624 g/mol. The van der Waals surface area contributed by atoms with Gasteiger partial charge in [0.2, 0.25) is 0 Å². The van der Waals surface area contributed by atoms with Crippen molar-refractivity contribution < 1.29 is 23.3 Å². The Morgan fingerprint density at radius 2 is 1.25 bits per heavy atom. The van der Waals surface area contributed by atoms with Crippen molar-refractivity contribution in [1.82, 2.24) is 9.80 Å². The molecule has 2 aromatic carbocycles. The van der Waals surface area contributed by atoms with Crippen molar-refractivity contribution in [1.29, 1.82) is 0 Å². The summed E-state index contributed by atoms with van der Waals surface area (Å²) >= 11 is 3.57. The highest BCUT2D eigenvalue weighted by molar-refractivity contribution is 9.10. The van der Waals surface area contributed by atoms with E-state index in [9.17, 15) is 4.39 Å². The highest BCUT2D eigenvalue weighted by Crippen LogP contribution is 2.40. The third-order valence-electron chi connectivity index (χ3n) is 7.73. The Balaban J connectivity index is 0.000000220. The van der Waals surface area contributed by atoms with Crippen molar-refractivity contribution in [2.45, 2.75) is 91.4 Å². The second-order valence-electron chi connectivity index (χ2n) is 11.1. The third kappa shape index (κ3) is 7.62. The predicted octanol–water partition coefficient (Wildman–Crippen LogP) is 7.14. The number of fused-ring (bicyclic) bond motifs is 2. The molecule has 2 aromatic rings. The minimum absolute atomic E-state index is 0.276. The number of rotatable bonds is 10. The van der Waals surface area contributed by atoms with Crippen molar-refractivity contribution in [2.24, 2.45) is 0 Å². The van der Waals surface area contributed by atoms with Crippen LogP contribution >= 0.6 is 15.9 Å². The zero-order valence-electron chi connectivity index (χ0n) is 25.6. The van der Waals surface area contributed by atoms with Crippen LogP contribution in [0.5, 0.6) is 23.0 Å². The van der Waals surface area contributed by atoms with Gasteiger partial charge >= 0.3 is 0 Å². The summed E-state index contributed by atoms with van der Waals surface area (Å²) in [4.78, 5) is 4.95. The van der Waals surface area contributed by atoms with Gasteiger partial charge in [-0.2, -0.15) is 0 Å². The molecule has 8 heteroatoms. The molecule has 0 spiro atoms. The molecule has 2 aliphatic rings. The van der Waals surface area contributed by atoms with Crippen LogP contribution in [-0.4, -0.2) is 74.5 Å². The first kappa shape index (κ1) is 32.5. The van der Waals surface area contributed by atoms with E-state index in [2.05, 4.69) is 67.3 Å². The van der Waals surface area contributed by atoms with E-state index in [-0.39, 0.29) is 11.9 Å². The standard InChI is InChI=1S/C16H24BrNO2.C16H24FNO2/c2*1-5-8-18(11(2)3)12-9-13-15(19-4)7-6-14(17)16(13)20-10-12/h2*6-7,11-12H,5,8-10H2,1-4H3/t2*12-/m11/s1. The fourth-order valence-corrected chi connectivity index (χ4v) is 6.34. The molecule has 0 aliphatic carbocycles. The molecular weight excluding hydrogens is 575 g/mol. The second kappa shape index (κ2) is 15.3. The molecule has 2 atom stereocenters. The summed E-state index contributed by atoms with van der Waals surface area (Å²) in [6.07, 6.45) is 4.02. The zero-order chi connectivity index (χ0) is 29.4. The van der Waals surface area contributed by atoms with Crippen LogP contribution in [0.1, 0.15) is 65.5 Å². The minimum Gasteiger partial charge on any atom is -0.496 e. The topological polar surface area (TPSA) is 43.4 Å². The molecule has 6 nitrogen and oxygen atoms in total. The summed E-state index contributed by atoms with van der Waals surface area (Å²) in [6.45, 7) is 16.7. The summed E-state index contributed by atoms with van der Waals surface area (Å²) in [6, 6.07) is 8.76. The van der Waals surface area contributed by atoms with E-state index in [1.54, 1.807) is 20.3 Å². The summed E-state index contributed by atoms with van der Waals surface area (Å²) in [7, 11) is 3.34. The highest BCUT2D eigenvalue weighted by atomic mass is 79.9. The molecule has 0 N–H and O–H groups in total. The van der Waals surface area contributed by atoms with E-state index in [1.807, 2.05) is 12.1 Å². The molecule has 0 unspecified atom stereocenters. The lowest BCUT2D eigenvalue weighted by molar-refractivity contribution is 0.0890. The number of hydrogen-bond donors (Lipinski definition) is 0. The summed E-state index contributed by atoms with van der Waals surface area (Å²) < 4.78 is 37.4. The van der Waals surface area contributed by atoms with Crippen molar-refractivity contribution >= 4 is 15.9 Å². The fraction of sp³-hybridized carbons (Fsp3) is 0.625. The third-order valence-corrected chi connectivity index (χ3v) is 8.35. The van der Waals surface area contributed by atoms with E-state index < -0.39 is 0 Å². The monoisotopic (exact) mass is 622 g/mol. The number of halogens is 2. The van der Waals surface area contributed by atoms with Gasteiger partial charge in [0, 0.05) is 35.3 Å². The Labute approximate surface area is 249 Å². The van der Waals surface area contributed by atoms with Crippen LogP contribution in [0.25, 0.3) is 0 Å². The predicted molar refractivity (Wildman–Crippen MR) is 164 cm³/mol. The first-order valence-corrected chi connectivity index (χ1v) is 15.4. The van der Waals surface area contributed by atoms with Crippen molar-refractivity contribution in [3.63, 3.8) is 0 Å². The Hall–Kier alpha value is -2.03. The lowest BCUT2D eigenvalue weighted by Crippen LogP contribution is -2.47. The molecule has 0 fully saturated rings. The van der Waals surface area contributed by atoms with E-state index in [4.69, 9.17) is 18.9 Å². The van der Waals surface area contributed by atoms with Gasteiger partial charge in [0.15, 0.2) is 11.6 Å². The quantitative estimate of drug-likeness (QED) is 0.281. The maximum Gasteiger partial charge on any atom is 0.165 e. The fourth-order valence-electron chi connectivity index (χ4n) is 5.86. The van der Waals surface area contributed by atoms with Crippen LogP contribution in [0, 0.1) is 5.82 Å². The number of nitrogens with zero attached hydrogens (tertiary/aromatic N) is 2. The molecule has 0 saturated carbocycles. The van der Waals surface area contributed by atoms with Crippen LogP contribution in [0.3, 0.4) is 0 Å². The van der Waals surface area contributed by atoms with E-state index in [0.29, 0.717) is 36.2 Å². The molecule has 224 valence electrons. The second-order valence-corrected chi connectivity index (χ2v) is 12.0. The van der Waals surface area contributed by atoms with E-state index in [1.165, 1.54) is 11.6 Å². The van der Waals surface area contributed by atoms with Crippen LogP contribution in [0.4, 0.5) is 4.39 Å². The maximum absolute atomic E-state index is 13.8. The normalized spacial score (nSPS) is 18.1. The van der Waals surface area contributed by atoms with Gasteiger partial charge in [0.25, 0.3) is 0 Å². The van der Waals surface area contributed by atoms with Gasteiger partial charge in [-0.25, -0.2) is 4.39 Å². The Morgan fingerprint density at radius 3 is 1.70 bits per heavy atom. The summed E-state index contributed by atoms with van der Waals surface area (Å²) in [5, 5.41) is 0. The van der Waals surface area contributed by atoms with Crippen LogP contribution in [0.2, 0.25) is 0 Å². The van der Waals surface area contributed by atoms with Gasteiger partial charge in [-0.05, 0) is 107 Å². The van der Waals surface area contributed by atoms with Gasteiger partial charge in [-0.1, -0.05) is 13.8 Å². The van der Waals surface area contributed by atoms with Crippen LogP contribution in [0.15, 0.2) is 28.7 Å². The summed E-state index contributed by atoms with van der Waals surface area (Å²) in [5.74, 6) is 2.65. The zero-order valence-corrected chi connectivity index (χ0v) is 27.1. The number of methoxy groups -OCH3 is 2. The van der Waals surface area contributed by atoms with Gasteiger partial charge in [-0.15, -0.1) is 0 Å². The molecule has 0 amide bonds. The first-order chi connectivity index (χ1) is 19.2. The molecule has 2 aliphatic heterocycles. The smallest absolute Gasteiger partial charge is 0.165 e. The molecule has 2 heterocycles. The Morgan fingerprint density at radius 1 is 0.800 bits per heavy atom.